The zero-order valence-electron chi connectivity index (χ0n) is 19.4. The normalized spacial score (nSPS) is 12.4. The molecule has 0 heterocycles. The van der Waals surface area contributed by atoms with E-state index in [2.05, 4.69) is 5.32 Å². The molecule has 186 valence electrons. The van der Waals surface area contributed by atoms with Crippen LogP contribution >= 0.6 is 0 Å². The van der Waals surface area contributed by atoms with Gasteiger partial charge in [-0.2, -0.15) is 0 Å². The summed E-state index contributed by atoms with van der Waals surface area (Å²) in [6.45, 7) is 4.79. The van der Waals surface area contributed by atoms with Gasteiger partial charge in [-0.1, -0.05) is 26.0 Å². The molecule has 7 nitrogen and oxygen atoms in total. The van der Waals surface area contributed by atoms with E-state index in [1.165, 1.54) is 31.2 Å². The van der Waals surface area contributed by atoms with Gasteiger partial charge in [0.1, 0.15) is 18.4 Å². The highest BCUT2D eigenvalue weighted by Gasteiger charge is 2.30. The van der Waals surface area contributed by atoms with Crippen molar-refractivity contribution in [1.82, 2.24) is 10.2 Å². The van der Waals surface area contributed by atoms with Gasteiger partial charge in [0, 0.05) is 19.2 Å². The third-order valence-corrected chi connectivity index (χ3v) is 6.13. The molecule has 0 radical (unpaired) electrons. The molecule has 2 amide bonds. The molecule has 2 rings (SSSR count). The van der Waals surface area contributed by atoms with Gasteiger partial charge in [-0.05, 0) is 42.7 Å². The molecular weight excluding hydrogens is 471 g/mol. The SMILES string of the molecule is CC(C)CNC(=O)C(C)N(Cc1ccc(F)cc1)C(=O)CN(c1ccc(F)c(F)c1)S(C)(=O)=O. The molecule has 1 atom stereocenters. The average molecular weight is 500 g/mol. The van der Waals surface area contributed by atoms with Crippen molar-refractivity contribution in [3.63, 3.8) is 0 Å². The fourth-order valence-electron chi connectivity index (χ4n) is 3.08. The van der Waals surface area contributed by atoms with Crippen LogP contribution in [-0.4, -0.2) is 50.5 Å². The second kappa shape index (κ2) is 11.4. The van der Waals surface area contributed by atoms with Crippen LogP contribution in [0.3, 0.4) is 0 Å². The van der Waals surface area contributed by atoms with E-state index in [0.717, 1.165) is 23.3 Å². The lowest BCUT2D eigenvalue weighted by Crippen LogP contribution is -2.51. The highest BCUT2D eigenvalue weighted by molar-refractivity contribution is 7.92. The topological polar surface area (TPSA) is 86.8 Å². The molecule has 2 aromatic rings. The predicted molar refractivity (Wildman–Crippen MR) is 123 cm³/mol. The monoisotopic (exact) mass is 499 g/mol. The molecule has 0 bridgehead atoms. The van der Waals surface area contributed by atoms with Crippen molar-refractivity contribution in [3.05, 3.63) is 65.5 Å². The number of carbonyl (C=O) groups is 2. The molecule has 1 unspecified atom stereocenters. The third kappa shape index (κ3) is 7.47. The smallest absolute Gasteiger partial charge is 0.244 e. The maximum absolute atomic E-state index is 13.8. The second-order valence-electron chi connectivity index (χ2n) is 8.33. The van der Waals surface area contributed by atoms with Gasteiger partial charge < -0.3 is 10.2 Å². The highest BCUT2D eigenvalue weighted by atomic mass is 32.2. The Hall–Kier alpha value is -3.08. The fraction of sp³-hybridized carbons (Fsp3) is 0.391. The van der Waals surface area contributed by atoms with Crippen LogP contribution in [0, 0.1) is 23.4 Å². The van der Waals surface area contributed by atoms with Crippen molar-refractivity contribution in [2.45, 2.75) is 33.4 Å². The standard InChI is InChI=1S/C23H28F3N3O4S/c1-15(2)12-27-23(31)16(3)28(13-17-5-7-18(24)8-6-17)22(30)14-29(34(4,32)33)19-9-10-20(25)21(26)11-19/h5-11,15-16H,12-14H2,1-4H3,(H,27,31). The summed E-state index contributed by atoms with van der Waals surface area (Å²) in [5, 5.41) is 2.73. The second-order valence-corrected chi connectivity index (χ2v) is 10.2. The number of sulfonamides is 1. The van der Waals surface area contributed by atoms with Gasteiger partial charge >= 0.3 is 0 Å². The lowest BCUT2D eigenvalue weighted by molar-refractivity contribution is -0.139. The summed E-state index contributed by atoms with van der Waals surface area (Å²) >= 11 is 0. The number of hydrogen-bond donors (Lipinski definition) is 1. The Labute approximate surface area is 197 Å². The summed E-state index contributed by atoms with van der Waals surface area (Å²) in [6.07, 6.45) is 0.824. The Morgan fingerprint density at radius 2 is 1.59 bits per heavy atom. The number of amides is 2. The number of anilines is 1. The average Bonchev–Trinajstić information content (AvgIpc) is 2.76. The summed E-state index contributed by atoms with van der Waals surface area (Å²) in [4.78, 5) is 27.1. The molecule has 0 aliphatic rings. The number of carbonyl (C=O) groups excluding carboxylic acids is 2. The van der Waals surface area contributed by atoms with Crippen LogP contribution in [0.4, 0.5) is 18.9 Å². The van der Waals surface area contributed by atoms with E-state index >= 15 is 0 Å². The van der Waals surface area contributed by atoms with E-state index < -0.39 is 51.9 Å². The van der Waals surface area contributed by atoms with Crippen LogP contribution in [0.15, 0.2) is 42.5 Å². The van der Waals surface area contributed by atoms with Crippen molar-refractivity contribution in [2.75, 3.05) is 23.7 Å². The Morgan fingerprint density at radius 3 is 2.12 bits per heavy atom. The third-order valence-electron chi connectivity index (χ3n) is 4.99. The van der Waals surface area contributed by atoms with Crippen molar-refractivity contribution in [3.8, 4) is 0 Å². The number of benzene rings is 2. The maximum Gasteiger partial charge on any atom is 0.244 e. The Morgan fingerprint density at radius 1 is 0.971 bits per heavy atom. The summed E-state index contributed by atoms with van der Waals surface area (Å²) in [5.41, 5.74) is 0.269. The van der Waals surface area contributed by atoms with Crippen molar-refractivity contribution >= 4 is 27.5 Å². The number of nitrogens with one attached hydrogen (secondary N) is 1. The van der Waals surface area contributed by atoms with E-state index in [1.54, 1.807) is 0 Å². The minimum atomic E-state index is -4.08. The van der Waals surface area contributed by atoms with Crippen molar-refractivity contribution in [2.24, 2.45) is 5.92 Å². The van der Waals surface area contributed by atoms with Gasteiger partial charge in [0.15, 0.2) is 11.6 Å². The first-order chi connectivity index (χ1) is 15.8. The molecule has 0 saturated carbocycles. The van der Waals surface area contributed by atoms with Crippen LogP contribution in [0.1, 0.15) is 26.3 Å². The lowest BCUT2D eigenvalue weighted by atomic mass is 10.1. The van der Waals surface area contributed by atoms with E-state index in [9.17, 15) is 31.2 Å². The van der Waals surface area contributed by atoms with E-state index in [1.807, 2.05) is 13.8 Å². The first-order valence-corrected chi connectivity index (χ1v) is 12.4. The highest BCUT2D eigenvalue weighted by Crippen LogP contribution is 2.21. The van der Waals surface area contributed by atoms with Gasteiger partial charge in [-0.15, -0.1) is 0 Å². The van der Waals surface area contributed by atoms with Crippen LogP contribution in [0.5, 0.6) is 0 Å². The van der Waals surface area contributed by atoms with Crippen LogP contribution in [-0.2, 0) is 26.2 Å². The summed E-state index contributed by atoms with van der Waals surface area (Å²) in [5.74, 6) is -3.98. The number of rotatable bonds is 10. The summed E-state index contributed by atoms with van der Waals surface area (Å²) in [7, 11) is -4.08. The molecule has 34 heavy (non-hydrogen) atoms. The van der Waals surface area contributed by atoms with Crippen LogP contribution in [0.25, 0.3) is 0 Å². The molecule has 0 saturated heterocycles. The number of nitrogens with zero attached hydrogens (tertiary/aromatic N) is 2. The maximum atomic E-state index is 13.8. The van der Waals surface area contributed by atoms with Crippen LogP contribution in [0.2, 0.25) is 0 Å². The van der Waals surface area contributed by atoms with E-state index in [4.69, 9.17) is 0 Å². The van der Waals surface area contributed by atoms with E-state index in [0.29, 0.717) is 22.5 Å². The van der Waals surface area contributed by atoms with Crippen molar-refractivity contribution < 1.29 is 31.2 Å². The Bertz CT molecular complexity index is 1120. The lowest BCUT2D eigenvalue weighted by Gasteiger charge is -2.31. The molecule has 0 spiro atoms. The Balaban J connectivity index is 2.37. The molecule has 0 fully saturated rings. The quantitative estimate of drug-likeness (QED) is 0.545. The summed E-state index contributed by atoms with van der Waals surface area (Å²) < 4.78 is 65.8. The fourth-order valence-corrected chi connectivity index (χ4v) is 3.92. The molecule has 0 aromatic heterocycles. The molecular formula is C23H28F3N3O4S. The molecule has 0 aliphatic heterocycles. The van der Waals surface area contributed by atoms with Crippen LogP contribution < -0.4 is 9.62 Å². The van der Waals surface area contributed by atoms with Gasteiger partial charge in [0.2, 0.25) is 21.8 Å². The minimum Gasteiger partial charge on any atom is -0.354 e. The molecule has 1 N–H and O–H groups in total. The minimum absolute atomic E-state index is 0.106. The molecule has 11 heteroatoms. The van der Waals surface area contributed by atoms with Crippen molar-refractivity contribution in [1.29, 1.82) is 0 Å². The predicted octanol–water partition coefficient (Wildman–Crippen LogP) is 3.06. The number of halogens is 3. The van der Waals surface area contributed by atoms with Gasteiger partial charge in [-0.3, -0.25) is 13.9 Å². The van der Waals surface area contributed by atoms with Gasteiger partial charge in [0.05, 0.1) is 11.9 Å². The largest absolute Gasteiger partial charge is 0.354 e. The van der Waals surface area contributed by atoms with E-state index in [-0.39, 0.29) is 18.2 Å². The zero-order valence-corrected chi connectivity index (χ0v) is 20.2. The molecule has 0 aliphatic carbocycles. The van der Waals surface area contributed by atoms with Gasteiger partial charge in [-0.25, -0.2) is 21.6 Å². The zero-order chi connectivity index (χ0) is 25.6. The summed E-state index contributed by atoms with van der Waals surface area (Å²) in [6, 6.07) is 6.75. The number of hydrogen-bond acceptors (Lipinski definition) is 4. The first kappa shape index (κ1) is 27.2. The molecule has 2 aromatic carbocycles. The van der Waals surface area contributed by atoms with Gasteiger partial charge in [0.25, 0.3) is 0 Å². The Kier molecular flexibility index (Phi) is 9.08. The first-order valence-electron chi connectivity index (χ1n) is 10.5.